The highest BCUT2D eigenvalue weighted by atomic mass is 16.3. The molecule has 1 aliphatic rings. The summed E-state index contributed by atoms with van der Waals surface area (Å²) in [5.41, 5.74) is 3.98. The Morgan fingerprint density at radius 1 is 1.20 bits per heavy atom. The van der Waals surface area contributed by atoms with Crippen molar-refractivity contribution in [2.75, 3.05) is 6.54 Å². The zero-order chi connectivity index (χ0) is 14.1. The number of hydrogen-bond acceptors (Lipinski definition) is 2. The lowest BCUT2D eigenvalue weighted by atomic mass is 10.1. The smallest absolute Gasteiger partial charge is 0.254 e. The van der Waals surface area contributed by atoms with Crippen molar-refractivity contribution in [3.05, 3.63) is 64.7 Å². The molecule has 0 saturated heterocycles. The summed E-state index contributed by atoms with van der Waals surface area (Å²) in [7, 11) is 0. The zero-order valence-electron chi connectivity index (χ0n) is 11.5. The third kappa shape index (κ3) is 2.27. The van der Waals surface area contributed by atoms with Gasteiger partial charge in [-0.05, 0) is 36.6 Å². The highest BCUT2D eigenvalue weighted by Gasteiger charge is 2.26. The number of para-hydroxylation sites is 1. The number of phenolic OH excluding ortho intramolecular Hbond substituents is 1. The van der Waals surface area contributed by atoms with E-state index in [2.05, 4.69) is 6.07 Å². The van der Waals surface area contributed by atoms with E-state index in [-0.39, 0.29) is 5.91 Å². The number of rotatable bonds is 3. The fourth-order valence-electron chi connectivity index (χ4n) is 2.67. The minimum atomic E-state index is 0.0930. The molecule has 0 aromatic heterocycles. The van der Waals surface area contributed by atoms with Gasteiger partial charge in [0.15, 0.2) is 0 Å². The van der Waals surface area contributed by atoms with Gasteiger partial charge in [-0.15, -0.1) is 0 Å². The van der Waals surface area contributed by atoms with E-state index >= 15 is 0 Å². The predicted octanol–water partition coefficient (Wildman–Crippen LogP) is 2.90. The first-order valence-corrected chi connectivity index (χ1v) is 6.81. The Morgan fingerprint density at radius 3 is 2.80 bits per heavy atom. The summed E-state index contributed by atoms with van der Waals surface area (Å²) >= 11 is 0. The number of fused-ring (bicyclic) bond motifs is 1. The molecule has 0 aliphatic carbocycles. The molecule has 0 bridgehead atoms. The largest absolute Gasteiger partial charge is 0.508 e. The summed E-state index contributed by atoms with van der Waals surface area (Å²) in [6.07, 6.45) is 0.672. The maximum Gasteiger partial charge on any atom is 0.254 e. The van der Waals surface area contributed by atoms with E-state index in [9.17, 15) is 9.90 Å². The molecule has 20 heavy (non-hydrogen) atoms. The van der Waals surface area contributed by atoms with Crippen molar-refractivity contribution >= 4 is 5.91 Å². The van der Waals surface area contributed by atoms with Crippen LogP contribution in [0.4, 0.5) is 0 Å². The number of hydrogen-bond donors (Lipinski definition) is 1. The van der Waals surface area contributed by atoms with Crippen LogP contribution >= 0.6 is 0 Å². The van der Waals surface area contributed by atoms with Crippen molar-refractivity contribution in [3.63, 3.8) is 0 Å². The molecule has 0 radical (unpaired) electrons. The summed E-state index contributed by atoms with van der Waals surface area (Å²) in [4.78, 5) is 14.1. The number of nitrogens with zero attached hydrogens (tertiary/aromatic N) is 1. The molecule has 0 atom stereocenters. The first-order valence-electron chi connectivity index (χ1n) is 6.81. The summed E-state index contributed by atoms with van der Waals surface area (Å²) in [6.45, 7) is 3.34. The molecule has 2 aromatic carbocycles. The molecule has 0 fully saturated rings. The molecule has 1 N–H and O–H groups in total. The third-order valence-corrected chi connectivity index (χ3v) is 3.78. The van der Waals surface area contributed by atoms with E-state index in [0.717, 1.165) is 16.7 Å². The Morgan fingerprint density at radius 2 is 2.00 bits per heavy atom. The molecular weight excluding hydrogens is 250 g/mol. The molecule has 2 aromatic rings. The van der Waals surface area contributed by atoms with E-state index in [1.54, 1.807) is 12.1 Å². The van der Waals surface area contributed by atoms with E-state index in [0.29, 0.717) is 25.3 Å². The van der Waals surface area contributed by atoms with Crippen LogP contribution < -0.4 is 0 Å². The van der Waals surface area contributed by atoms with Crippen LogP contribution in [0.25, 0.3) is 0 Å². The molecule has 3 nitrogen and oxygen atoms in total. The highest BCUT2D eigenvalue weighted by molar-refractivity contribution is 5.98. The number of phenols is 1. The molecule has 1 amide bonds. The lowest BCUT2D eigenvalue weighted by Crippen LogP contribution is -2.26. The van der Waals surface area contributed by atoms with Gasteiger partial charge in [-0.2, -0.15) is 0 Å². The van der Waals surface area contributed by atoms with Crippen molar-refractivity contribution in [3.8, 4) is 5.75 Å². The fraction of sp³-hybridized carbons (Fsp3) is 0.235. The van der Waals surface area contributed by atoms with Crippen LogP contribution in [0.5, 0.6) is 5.75 Å². The van der Waals surface area contributed by atoms with E-state index in [1.807, 2.05) is 36.1 Å². The van der Waals surface area contributed by atoms with Gasteiger partial charge in [0.05, 0.1) is 0 Å². The number of carbonyl (C=O) groups excluding carboxylic acids is 1. The second-order valence-electron chi connectivity index (χ2n) is 5.27. The molecule has 0 unspecified atom stereocenters. The van der Waals surface area contributed by atoms with Crippen molar-refractivity contribution in [2.45, 2.75) is 19.9 Å². The predicted molar refractivity (Wildman–Crippen MR) is 77.7 cm³/mol. The van der Waals surface area contributed by atoms with Gasteiger partial charge in [-0.25, -0.2) is 0 Å². The van der Waals surface area contributed by atoms with E-state index < -0.39 is 0 Å². The Hall–Kier alpha value is -2.29. The van der Waals surface area contributed by atoms with Gasteiger partial charge in [0, 0.05) is 18.7 Å². The summed E-state index contributed by atoms with van der Waals surface area (Å²) in [5, 5.41) is 9.76. The summed E-state index contributed by atoms with van der Waals surface area (Å²) in [6, 6.07) is 13.2. The number of aromatic hydroxyl groups is 1. The third-order valence-electron chi connectivity index (χ3n) is 3.78. The van der Waals surface area contributed by atoms with Gasteiger partial charge in [0.1, 0.15) is 5.75 Å². The average molecular weight is 267 g/mol. The van der Waals surface area contributed by atoms with Crippen LogP contribution in [0.15, 0.2) is 42.5 Å². The van der Waals surface area contributed by atoms with E-state index in [4.69, 9.17) is 0 Å². The molecule has 3 heteroatoms. The maximum absolute atomic E-state index is 12.3. The van der Waals surface area contributed by atoms with Crippen LogP contribution in [0, 0.1) is 6.92 Å². The molecule has 1 aliphatic heterocycles. The van der Waals surface area contributed by atoms with Gasteiger partial charge >= 0.3 is 0 Å². The lowest BCUT2D eigenvalue weighted by molar-refractivity contribution is 0.0780. The molecule has 0 saturated carbocycles. The molecule has 1 heterocycles. The Balaban J connectivity index is 1.72. The van der Waals surface area contributed by atoms with Crippen LogP contribution in [0.3, 0.4) is 0 Å². The fourth-order valence-corrected chi connectivity index (χ4v) is 2.67. The van der Waals surface area contributed by atoms with Gasteiger partial charge in [-0.1, -0.05) is 35.9 Å². The standard InChI is InChI=1S/C17H17NO2/c1-12-6-7-15-14(10-12)11-18(17(15)20)9-8-13-4-2-3-5-16(13)19/h2-7,10,19H,8-9,11H2,1H3. The minimum Gasteiger partial charge on any atom is -0.508 e. The topological polar surface area (TPSA) is 40.5 Å². The maximum atomic E-state index is 12.3. The summed E-state index contributed by atoms with van der Waals surface area (Å²) < 4.78 is 0. The second kappa shape index (κ2) is 5.00. The van der Waals surface area contributed by atoms with Crippen LogP contribution in [-0.2, 0) is 13.0 Å². The van der Waals surface area contributed by atoms with Gasteiger partial charge in [0.25, 0.3) is 5.91 Å². The van der Waals surface area contributed by atoms with Crippen molar-refractivity contribution in [1.29, 1.82) is 0 Å². The van der Waals surface area contributed by atoms with Crippen molar-refractivity contribution in [1.82, 2.24) is 4.90 Å². The number of carbonyl (C=O) groups is 1. The number of amides is 1. The van der Waals surface area contributed by atoms with Crippen LogP contribution in [0.2, 0.25) is 0 Å². The lowest BCUT2D eigenvalue weighted by Gasteiger charge is -2.15. The molecular formula is C17H17NO2. The average Bonchev–Trinajstić information content (AvgIpc) is 2.74. The van der Waals surface area contributed by atoms with E-state index in [1.165, 1.54) is 5.56 Å². The first-order chi connectivity index (χ1) is 9.65. The van der Waals surface area contributed by atoms with Gasteiger partial charge in [-0.3, -0.25) is 4.79 Å². The first kappa shape index (κ1) is 12.7. The summed E-state index contributed by atoms with van der Waals surface area (Å²) in [5.74, 6) is 0.392. The Bertz CT molecular complexity index is 664. The number of aryl methyl sites for hydroxylation is 1. The van der Waals surface area contributed by atoms with Crippen molar-refractivity contribution in [2.24, 2.45) is 0 Å². The number of benzene rings is 2. The SMILES string of the molecule is Cc1ccc2c(c1)CN(CCc1ccccc1O)C2=O. The van der Waals surface area contributed by atoms with Crippen molar-refractivity contribution < 1.29 is 9.90 Å². The minimum absolute atomic E-state index is 0.0930. The molecule has 3 rings (SSSR count). The monoisotopic (exact) mass is 267 g/mol. The highest BCUT2D eigenvalue weighted by Crippen LogP contribution is 2.24. The Labute approximate surface area is 118 Å². The Kier molecular flexibility index (Phi) is 3.18. The molecule has 0 spiro atoms. The quantitative estimate of drug-likeness (QED) is 0.929. The van der Waals surface area contributed by atoms with Crippen LogP contribution in [-0.4, -0.2) is 22.5 Å². The molecule has 102 valence electrons. The van der Waals surface area contributed by atoms with Crippen LogP contribution in [0.1, 0.15) is 27.0 Å². The van der Waals surface area contributed by atoms with Gasteiger partial charge < -0.3 is 10.0 Å². The zero-order valence-corrected chi connectivity index (χ0v) is 11.5. The second-order valence-corrected chi connectivity index (χ2v) is 5.27. The van der Waals surface area contributed by atoms with Gasteiger partial charge in [0.2, 0.25) is 0 Å². The normalized spacial score (nSPS) is 13.7.